The smallest absolute Gasteiger partial charge is 0.350 e. The number of aliphatic hydroxyl groups excluding tert-OH is 1. The second kappa shape index (κ2) is 10.9. The Labute approximate surface area is 188 Å². The summed E-state index contributed by atoms with van der Waals surface area (Å²) in [5.74, 6) is -0.665. The van der Waals surface area contributed by atoms with Crippen molar-refractivity contribution in [2.24, 2.45) is 0 Å². The summed E-state index contributed by atoms with van der Waals surface area (Å²) < 4.78 is 6.65. The third-order valence-electron chi connectivity index (χ3n) is 4.83. The van der Waals surface area contributed by atoms with Crippen LogP contribution in [0.2, 0.25) is 0 Å². The third kappa shape index (κ3) is 5.72. The number of thioether (sulfide) groups is 1. The van der Waals surface area contributed by atoms with Crippen LogP contribution in [0.15, 0.2) is 9.82 Å². The molecule has 3 rings (SSSR count). The molecule has 0 bridgehead atoms. The zero-order chi connectivity index (χ0) is 22.4. The van der Waals surface area contributed by atoms with Gasteiger partial charge < -0.3 is 15.2 Å². The van der Waals surface area contributed by atoms with Crippen molar-refractivity contribution in [2.45, 2.75) is 57.5 Å². The lowest BCUT2D eigenvalue weighted by Crippen LogP contribution is -2.30. The lowest BCUT2D eigenvalue weighted by Gasteiger charge is -2.22. The number of nitrogens with one attached hydrogen (secondary N) is 1. The maximum Gasteiger partial charge on any atom is 0.350 e. The number of aliphatic hydroxyl groups is 1. The van der Waals surface area contributed by atoms with Gasteiger partial charge in [-0.2, -0.15) is 4.98 Å². The molecule has 1 aliphatic carbocycles. The average Bonchev–Trinajstić information content (AvgIpc) is 3.11. The summed E-state index contributed by atoms with van der Waals surface area (Å²) in [7, 11) is 0. The molecule has 2 N–H and O–H groups in total. The molecule has 9 nitrogen and oxygen atoms in total. The fraction of sp³-hybridized carbons (Fsp3) is 0.550. The van der Waals surface area contributed by atoms with Crippen LogP contribution in [-0.2, 0) is 28.9 Å². The average molecular weight is 467 g/mol. The zero-order valence-electron chi connectivity index (χ0n) is 17.6. The Bertz CT molecular complexity index is 1020. The minimum Gasteiger partial charge on any atom is -0.462 e. The lowest BCUT2D eigenvalue weighted by atomic mass is 9.97. The Kier molecular flexibility index (Phi) is 8.22. The Hall–Kier alpha value is -2.24. The predicted molar refractivity (Wildman–Crippen MR) is 119 cm³/mol. The highest BCUT2D eigenvalue weighted by molar-refractivity contribution is 8.00. The van der Waals surface area contributed by atoms with Crippen LogP contribution in [0.3, 0.4) is 0 Å². The molecule has 0 unspecified atom stereocenters. The fourth-order valence-corrected chi connectivity index (χ4v) is 5.20. The summed E-state index contributed by atoms with van der Waals surface area (Å²) in [6, 6.07) is 0. The van der Waals surface area contributed by atoms with Gasteiger partial charge in [0.05, 0.1) is 18.1 Å². The van der Waals surface area contributed by atoms with E-state index < -0.39 is 5.97 Å². The number of carbonyl (C=O) groups excluding carboxylic acids is 2. The van der Waals surface area contributed by atoms with Crippen molar-refractivity contribution < 1.29 is 19.4 Å². The van der Waals surface area contributed by atoms with Crippen LogP contribution in [0, 0.1) is 6.92 Å². The van der Waals surface area contributed by atoms with E-state index in [1.807, 2.05) is 0 Å². The van der Waals surface area contributed by atoms with Crippen LogP contribution >= 0.6 is 23.1 Å². The van der Waals surface area contributed by atoms with Gasteiger partial charge in [-0.1, -0.05) is 23.1 Å². The van der Waals surface area contributed by atoms with E-state index in [9.17, 15) is 14.4 Å². The lowest BCUT2D eigenvalue weighted by molar-refractivity contribution is -0.113. The molecule has 1 amide bonds. The van der Waals surface area contributed by atoms with Gasteiger partial charge in [-0.3, -0.25) is 9.36 Å². The minimum atomic E-state index is -0.454. The number of hydrogen-bond acceptors (Lipinski definition) is 9. The third-order valence-corrected chi connectivity index (χ3v) is 6.90. The Balaban J connectivity index is 1.69. The molecule has 31 heavy (non-hydrogen) atoms. The summed E-state index contributed by atoms with van der Waals surface area (Å²) >= 11 is 2.31. The van der Waals surface area contributed by atoms with Crippen LogP contribution in [0.1, 0.15) is 52.8 Å². The maximum absolute atomic E-state index is 12.5. The van der Waals surface area contributed by atoms with Gasteiger partial charge in [0.15, 0.2) is 5.13 Å². The molecule has 0 radical (unpaired) electrons. The fourth-order valence-electron chi connectivity index (χ4n) is 3.45. The van der Waals surface area contributed by atoms with Gasteiger partial charge >= 0.3 is 11.7 Å². The highest BCUT2D eigenvalue weighted by Gasteiger charge is 2.22. The number of esters is 1. The van der Waals surface area contributed by atoms with Crippen molar-refractivity contribution in [3.05, 3.63) is 32.3 Å². The quantitative estimate of drug-likeness (QED) is 0.327. The molecule has 0 aromatic carbocycles. The number of anilines is 1. The van der Waals surface area contributed by atoms with Crippen LogP contribution in [-0.4, -0.2) is 50.5 Å². The van der Waals surface area contributed by atoms with Crippen molar-refractivity contribution in [1.29, 1.82) is 0 Å². The number of ether oxygens (including phenoxy) is 1. The molecular formula is C20H26N4O5S2. The summed E-state index contributed by atoms with van der Waals surface area (Å²) in [5.41, 5.74) is 2.16. The van der Waals surface area contributed by atoms with Crippen molar-refractivity contribution in [2.75, 3.05) is 24.3 Å². The molecule has 1 aliphatic rings. The Morgan fingerprint density at radius 2 is 2.06 bits per heavy atom. The molecule has 168 valence electrons. The number of aromatic nitrogens is 3. The number of fused-ring (bicyclic) bond motifs is 1. The zero-order valence-corrected chi connectivity index (χ0v) is 19.2. The second-order valence-corrected chi connectivity index (χ2v) is 9.01. The van der Waals surface area contributed by atoms with Crippen molar-refractivity contribution in [3.8, 4) is 0 Å². The number of hydrogen-bond donors (Lipinski definition) is 2. The first-order valence-corrected chi connectivity index (χ1v) is 12.1. The molecule has 0 spiro atoms. The number of rotatable bonds is 9. The van der Waals surface area contributed by atoms with Gasteiger partial charge in [-0.05, 0) is 46.0 Å². The van der Waals surface area contributed by atoms with Gasteiger partial charge in [0.1, 0.15) is 9.90 Å². The normalized spacial score (nSPS) is 13.0. The van der Waals surface area contributed by atoms with E-state index in [2.05, 4.69) is 15.3 Å². The number of thiazole rings is 1. The second-order valence-electron chi connectivity index (χ2n) is 7.05. The van der Waals surface area contributed by atoms with Gasteiger partial charge in [-0.25, -0.2) is 14.6 Å². The highest BCUT2D eigenvalue weighted by atomic mass is 32.2. The first kappa shape index (κ1) is 23.4. The summed E-state index contributed by atoms with van der Waals surface area (Å²) in [6.07, 6.45) is 4.14. The largest absolute Gasteiger partial charge is 0.462 e. The van der Waals surface area contributed by atoms with Crippen LogP contribution < -0.4 is 11.0 Å². The molecule has 0 aliphatic heterocycles. The molecule has 0 fully saturated rings. The minimum absolute atomic E-state index is 0.0198. The predicted octanol–water partition coefficient (Wildman–Crippen LogP) is 2.18. The van der Waals surface area contributed by atoms with Crippen molar-refractivity contribution >= 4 is 40.1 Å². The van der Waals surface area contributed by atoms with Crippen molar-refractivity contribution in [3.63, 3.8) is 0 Å². The molecule has 11 heteroatoms. The van der Waals surface area contributed by atoms with Crippen molar-refractivity contribution in [1.82, 2.24) is 14.5 Å². The van der Waals surface area contributed by atoms with Crippen LogP contribution in [0.25, 0.3) is 0 Å². The van der Waals surface area contributed by atoms with Gasteiger partial charge in [0.25, 0.3) is 0 Å². The molecule has 0 saturated carbocycles. The molecule has 2 heterocycles. The first-order valence-electron chi connectivity index (χ1n) is 10.2. The van der Waals surface area contributed by atoms with E-state index >= 15 is 0 Å². The van der Waals surface area contributed by atoms with Gasteiger partial charge in [0, 0.05) is 24.4 Å². The topological polar surface area (TPSA) is 123 Å². The SMILES string of the molecule is CCOC(=O)c1sc(NC(=O)CSc2nc(=O)n(CCCO)c3c2CCCC3)nc1C. The van der Waals surface area contributed by atoms with E-state index in [1.165, 1.54) is 11.8 Å². The molecular weight excluding hydrogens is 440 g/mol. The van der Waals surface area contributed by atoms with Gasteiger partial charge in [0.2, 0.25) is 5.91 Å². The number of carbonyl (C=O) groups is 2. The van der Waals surface area contributed by atoms with Crippen LogP contribution in [0.5, 0.6) is 0 Å². The Morgan fingerprint density at radius 3 is 2.81 bits per heavy atom. The summed E-state index contributed by atoms with van der Waals surface area (Å²) in [5, 5.41) is 12.7. The molecule has 2 aromatic rings. The number of aryl methyl sites for hydroxylation is 1. The van der Waals surface area contributed by atoms with E-state index in [1.54, 1.807) is 18.4 Å². The van der Waals surface area contributed by atoms with E-state index in [0.29, 0.717) is 33.7 Å². The first-order chi connectivity index (χ1) is 14.9. The van der Waals surface area contributed by atoms with Crippen LogP contribution in [0.4, 0.5) is 5.13 Å². The van der Waals surface area contributed by atoms with E-state index in [4.69, 9.17) is 9.84 Å². The summed E-state index contributed by atoms with van der Waals surface area (Å²) in [4.78, 5) is 45.7. The standard InChI is InChI=1S/C20H26N4O5S2/c1-3-29-18(27)16-12(2)21-19(31-16)22-15(26)11-30-17-13-7-4-5-8-14(13)24(9-6-10-25)20(28)23-17/h25H,3-11H2,1-2H3,(H,21,22,26). The molecule has 2 aromatic heterocycles. The number of amides is 1. The monoisotopic (exact) mass is 466 g/mol. The van der Waals surface area contributed by atoms with E-state index in [0.717, 1.165) is 48.3 Å². The maximum atomic E-state index is 12.5. The van der Waals surface area contributed by atoms with E-state index in [-0.39, 0.29) is 30.6 Å². The summed E-state index contributed by atoms with van der Waals surface area (Å²) in [6.45, 7) is 4.15. The van der Waals surface area contributed by atoms with Gasteiger partial charge in [-0.15, -0.1) is 0 Å². The highest BCUT2D eigenvalue weighted by Crippen LogP contribution is 2.29. The molecule has 0 atom stereocenters. The molecule has 0 saturated heterocycles. The number of nitrogens with zero attached hydrogens (tertiary/aromatic N) is 3. The Morgan fingerprint density at radius 1 is 1.29 bits per heavy atom.